The molecule has 0 aliphatic carbocycles. The summed E-state index contributed by atoms with van der Waals surface area (Å²) in [5, 5.41) is 19.9. The molecular formula is C8H17NO4. The molecule has 0 aromatic heterocycles. The minimum Gasteiger partial charge on any atom is -0.481 e. The number of rotatable bonds is 8. The molecular weight excluding hydrogens is 174 g/mol. The summed E-state index contributed by atoms with van der Waals surface area (Å²) in [7, 11) is 0. The molecule has 1 atom stereocenters. The number of ether oxygens (including phenoxy) is 1. The van der Waals surface area contributed by atoms with Crippen molar-refractivity contribution >= 4 is 5.97 Å². The first-order valence-corrected chi connectivity index (χ1v) is 4.34. The molecule has 0 amide bonds. The van der Waals surface area contributed by atoms with Gasteiger partial charge in [-0.05, 0) is 13.0 Å². The highest BCUT2D eigenvalue weighted by molar-refractivity contribution is 5.66. The maximum Gasteiger partial charge on any atom is 0.303 e. The SMILES string of the molecule is CCN[C@@H](CCC(=O)O)COCO. The van der Waals surface area contributed by atoms with Crippen molar-refractivity contribution in [3.63, 3.8) is 0 Å². The molecule has 0 aromatic carbocycles. The monoisotopic (exact) mass is 191 g/mol. The second kappa shape index (κ2) is 7.97. The Labute approximate surface area is 77.7 Å². The molecule has 0 aromatic rings. The molecule has 0 aliphatic heterocycles. The predicted molar refractivity (Wildman–Crippen MR) is 47.4 cm³/mol. The summed E-state index contributed by atoms with van der Waals surface area (Å²) in [6.45, 7) is 2.72. The van der Waals surface area contributed by atoms with E-state index in [1.807, 2.05) is 6.92 Å². The number of carbonyl (C=O) groups is 1. The number of carboxylic acids is 1. The summed E-state index contributed by atoms with van der Waals surface area (Å²) >= 11 is 0. The van der Waals surface area contributed by atoms with E-state index in [-0.39, 0.29) is 19.3 Å². The van der Waals surface area contributed by atoms with Crippen molar-refractivity contribution in [2.24, 2.45) is 0 Å². The Hall–Kier alpha value is -0.650. The predicted octanol–water partition coefficient (Wildman–Crippen LogP) is -0.204. The summed E-state index contributed by atoms with van der Waals surface area (Å²) in [5.41, 5.74) is 0. The average Bonchev–Trinajstić information content (AvgIpc) is 2.09. The lowest BCUT2D eigenvalue weighted by atomic mass is 10.1. The van der Waals surface area contributed by atoms with Crippen molar-refractivity contribution < 1.29 is 19.7 Å². The Kier molecular flexibility index (Phi) is 7.57. The van der Waals surface area contributed by atoms with Crippen molar-refractivity contribution in [2.45, 2.75) is 25.8 Å². The second-order valence-corrected chi connectivity index (χ2v) is 2.69. The van der Waals surface area contributed by atoms with Crippen molar-refractivity contribution in [1.29, 1.82) is 0 Å². The quantitative estimate of drug-likeness (QED) is 0.463. The van der Waals surface area contributed by atoms with Gasteiger partial charge in [0.1, 0.15) is 6.79 Å². The number of likely N-dealkylation sites (N-methyl/N-ethyl adjacent to an activating group) is 1. The van der Waals surface area contributed by atoms with E-state index in [0.29, 0.717) is 13.0 Å². The lowest BCUT2D eigenvalue weighted by Crippen LogP contribution is -2.34. The molecule has 3 N–H and O–H groups in total. The molecule has 0 rings (SSSR count). The summed E-state index contributed by atoms with van der Waals surface area (Å²) in [5.74, 6) is -0.813. The summed E-state index contributed by atoms with van der Waals surface area (Å²) in [6, 6.07) is 0.00764. The van der Waals surface area contributed by atoms with Gasteiger partial charge in [0.2, 0.25) is 0 Å². The zero-order chi connectivity index (χ0) is 10.1. The number of carboxylic acid groups (broad SMARTS) is 1. The minimum absolute atomic E-state index is 0.00764. The smallest absolute Gasteiger partial charge is 0.303 e. The largest absolute Gasteiger partial charge is 0.481 e. The van der Waals surface area contributed by atoms with E-state index in [4.69, 9.17) is 14.9 Å². The van der Waals surface area contributed by atoms with Gasteiger partial charge in [-0.25, -0.2) is 0 Å². The van der Waals surface area contributed by atoms with Gasteiger partial charge in [-0.1, -0.05) is 6.92 Å². The maximum atomic E-state index is 10.3. The number of hydrogen-bond donors (Lipinski definition) is 3. The van der Waals surface area contributed by atoms with Crippen molar-refractivity contribution in [3.8, 4) is 0 Å². The summed E-state index contributed by atoms with van der Waals surface area (Å²) in [6.07, 6.45) is 0.635. The van der Waals surface area contributed by atoms with Crippen LogP contribution in [0, 0.1) is 0 Å². The number of aliphatic carboxylic acids is 1. The van der Waals surface area contributed by atoms with Crippen LogP contribution in [0.3, 0.4) is 0 Å². The molecule has 0 fully saturated rings. The van der Waals surface area contributed by atoms with Crippen LogP contribution in [-0.2, 0) is 9.53 Å². The standard InChI is InChI=1S/C8H17NO4/c1-2-9-7(5-13-6-10)3-4-8(11)12/h7,9-10H,2-6H2,1H3,(H,11,12)/t7-/m0/s1. The third-order valence-electron chi connectivity index (χ3n) is 1.61. The second-order valence-electron chi connectivity index (χ2n) is 2.69. The Morgan fingerprint density at radius 1 is 1.62 bits per heavy atom. The minimum atomic E-state index is -0.813. The lowest BCUT2D eigenvalue weighted by Gasteiger charge is -2.15. The molecule has 0 aliphatic rings. The van der Waals surface area contributed by atoms with Gasteiger partial charge in [-0.15, -0.1) is 0 Å². The Balaban J connectivity index is 3.59. The van der Waals surface area contributed by atoms with Crippen LogP contribution in [0.2, 0.25) is 0 Å². The van der Waals surface area contributed by atoms with Crippen LogP contribution in [0.1, 0.15) is 19.8 Å². The highest BCUT2D eigenvalue weighted by atomic mass is 16.6. The van der Waals surface area contributed by atoms with Gasteiger partial charge in [-0.2, -0.15) is 0 Å². The van der Waals surface area contributed by atoms with E-state index in [0.717, 1.165) is 6.54 Å². The first-order chi connectivity index (χ1) is 6.20. The highest BCUT2D eigenvalue weighted by Gasteiger charge is 2.09. The molecule has 13 heavy (non-hydrogen) atoms. The van der Waals surface area contributed by atoms with Crippen LogP contribution in [-0.4, -0.2) is 42.2 Å². The van der Waals surface area contributed by atoms with E-state index < -0.39 is 5.97 Å². The van der Waals surface area contributed by atoms with Gasteiger partial charge in [0.15, 0.2) is 0 Å². The molecule has 0 radical (unpaired) electrons. The normalized spacial score (nSPS) is 12.8. The number of hydrogen-bond acceptors (Lipinski definition) is 4. The Morgan fingerprint density at radius 2 is 2.31 bits per heavy atom. The lowest BCUT2D eigenvalue weighted by molar-refractivity contribution is -0.137. The van der Waals surface area contributed by atoms with Gasteiger partial charge in [0.05, 0.1) is 6.61 Å². The van der Waals surface area contributed by atoms with Crippen molar-refractivity contribution in [1.82, 2.24) is 5.32 Å². The number of aliphatic hydroxyl groups is 1. The number of aliphatic hydroxyl groups excluding tert-OH is 1. The first kappa shape index (κ1) is 12.3. The van der Waals surface area contributed by atoms with Gasteiger partial charge >= 0.3 is 5.97 Å². The molecule has 0 bridgehead atoms. The number of nitrogens with one attached hydrogen (secondary N) is 1. The zero-order valence-electron chi connectivity index (χ0n) is 7.82. The fourth-order valence-corrected chi connectivity index (χ4v) is 1.03. The van der Waals surface area contributed by atoms with E-state index in [1.54, 1.807) is 0 Å². The molecule has 78 valence electrons. The van der Waals surface area contributed by atoms with Gasteiger partial charge in [0.25, 0.3) is 0 Å². The van der Waals surface area contributed by atoms with Gasteiger partial charge in [-0.3, -0.25) is 4.79 Å². The molecule has 0 heterocycles. The molecule has 0 saturated carbocycles. The maximum absolute atomic E-state index is 10.3. The van der Waals surface area contributed by atoms with Crippen molar-refractivity contribution in [2.75, 3.05) is 19.9 Å². The van der Waals surface area contributed by atoms with E-state index in [2.05, 4.69) is 5.32 Å². The fourth-order valence-electron chi connectivity index (χ4n) is 1.03. The third kappa shape index (κ3) is 7.70. The fraction of sp³-hybridized carbons (Fsp3) is 0.875. The van der Waals surface area contributed by atoms with E-state index >= 15 is 0 Å². The topological polar surface area (TPSA) is 78.8 Å². The average molecular weight is 191 g/mol. The molecule has 0 spiro atoms. The summed E-state index contributed by atoms with van der Waals surface area (Å²) in [4.78, 5) is 10.3. The van der Waals surface area contributed by atoms with Crippen LogP contribution >= 0.6 is 0 Å². The van der Waals surface area contributed by atoms with Crippen LogP contribution < -0.4 is 5.32 Å². The highest BCUT2D eigenvalue weighted by Crippen LogP contribution is 1.98. The Morgan fingerprint density at radius 3 is 2.77 bits per heavy atom. The molecule has 5 heteroatoms. The van der Waals surface area contributed by atoms with Crippen LogP contribution in [0.15, 0.2) is 0 Å². The van der Waals surface area contributed by atoms with Gasteiger partial charge in [0, 0.05) is 12.5 Å². The van der Waals surface area contributed by atoms with E-state index in [9.17, 15) is 4.79 Å². The molecule has 0 saturated heterocycles. The van der Waals surface area contributed by atoms with Gasteiger partial charge < -0.3 is 20.3 Å². The molecule has 5 nitrogen and oxygen atoms in total. The third-order valence-corrected chi connectivity index (χ3v) is 1.61. The first-order valence-electron chi connectivity index (χ1n) is 4.34. The van der Waals surface area contributed by atoms with E-state index in [1.165, 1.54) is 0 Å². The van der Waals surface area contributed by atoms with Crippen molar-refractivity contribution in [3.05, 3.63) is 0 Å². The van der Waals surface area contributed by atoms with Crippen LogP contribution in [0.4, 0.5) is 0 Å². The summed E-state index contributed by atoms with van der Waals surface area (Å²) < 4.78 is 4.78. The van der Waals surface area contributed by atoms with Crippen LogP contribution in [0.25, 0.3) is 0 Å². The zero-order valence-corrected chi connectivity index (χ0v) is 7.82. The molecule has 0 unspecified atom stereocenters. The van der Waals surface area contributed by atoms with Crippen LogP contribution in [0.5, 0.6) is 0 Å². The Bertz CT molecular complexity index is 140.